The number of hydrogen-bond acceptors (Lipinski definition) is 2. The largest absolute Gasteiger partial charge is 0.480 e. The van der Waals surface area contributed by atoms with Gasteiger partial charge in [0.05, 0.1) is 0 Å². The summed E-state index contributed by atoms with van der Waals surface area (Å²) in [6, 6.07) is 10.2. The van der Waals surface area contributed by atoms with Gasteiger partial charge in [0.2, 0.25) is 0 Å². The van der Waals surface area contributed by atoms with Gasteiger partial charge in [-0.1, -0.05) is 30.3 Å². The summed E-state index contributed by atoms with van der Waals surface area (Å²) in [6.07, 6.45) is 4.33. The third-order valence-electron chi connectivity index (χ3n) is 3.56. The second kappa shape index (κ2) is 6.76. The molecule has 0 aromatic heterocycles. The number of aryl methyl sites for hydroxylation is 1. The van der Waals surface area contributed by atoms with Crippen molar-refractivity contribution in [3.63, 3.8) is 0 Å². The van der Waals surface area contributed by atoms with Gasteiger partial charge in [0.25, 0.3) is 0 Å². The van der Waals surface area contributed by atoms with Crippen molar-refractivity contribution in [1.82, 2.24) is 5.32 Å². The van der Waals surface area contributed by atoms with E-state index in [1.54, 1.807) is 0 Å². The lowest BCUT2D eigenvalue weighted by atomic mass is 9.90. The normalized spacial score (nSPS) is 22.4. The number of halogens is 1. The lowest BCUT2D eigenvalue weighted by Crippen LogP contribution is -2.47. The van der Waals surface area contributed by atoms with Crippen LogP contribution < -0.4 is 5.32 Å². The molecule has 1 fully saturated rings. The van der Waals surface area contributed by atoms with Crippen LogP contribution >= 0.6 is 12.4 Å². The van der Waals surface area contributed by atoms with Crippen molar-refractivity contribution < 1.29 is 9.90 Å². The summed E-state index contributed by atoms with van der Waals surface area (Å²) in [4.78, 5) is 11.3. The van der Waals surface area contributed by atoms with Crippen LogP contribution in [0.15, 0.2) is 30.3 Å². The predicted octanol–water partition coefficient (Wildman–Crippen LogP) is 2.64. The molecule has 1 aromatic rings. The van der Waals surface area contributed by atoms with Crippen LogP contribution in [0.4, 0.5) is 0 Å². The first kappa shape index (κ1) is 15.0. The van der Waals surface area contributed by atoms with Crippen LogP contribution in [0.1, 0.15) is 31.2 Å². The van der Waals surface area contributed by atoms with Crippen LogP contribution in [0.5, 0.6) is 0 Å². The molecule has 1 atom stereocenters. The Kier molecular flexibility index (Phi) is 5.63. The summed E-state index contributed by atoms with van der Waals surface area (Å²) >= 11 is 0. The van der Waals surface area contributed by atoms with Crippen LogP contribution in [0.2, 0.25) is 0 Å². The van der Waals surface area contributed by atoms with Gasteiger partial charge in [0.1, 0.15) is 5.54 Å². The molecular formula is C14H20ClNO2. The Hall–Kier alpha value is -1.06. The van der Waals surface area contributed by atoms with Gasteiger partial charge in [-0.3, -0.25) is 4.79 Å². The monoisotopic (exact) mass is 269 g/mol. The summed E-state index contributed by atoms with van der Waals surface area (Å²) in [5, 5.41) is 12.5. The number of carbonyl (C=O) groups is 1. The molecule has 3 nitrogen and oxygen atoms in total. The molecule has 0 amide bonds. The third-order valence-corrected chi connectivity index (χ3v) is 3.56. The minimum absolute atomic E-state index is 0. The average molecular weight is 270 g/mol. The second-order valence-electron chi connectivity index (χ2n) is 4.76. The van der Waals surface area contributed by atoms with Crippen molar-refractivity contribution in [2.75, 3.05) is 6.54 Å². The van der Waals surface area contributed by atoms with E-state index in [1.165, 1.54) is 5.56 Å². The Morgan fingerprint density at radius 1 is 1.33 bits per heavy atom. The lowest BCUT2D eigenvalue weighted by Gasteiger charge is -2.24. The van der Waals surface area contributed by atoms with Crippen molar-refractivity contribution in [2.45, 2.75) is 37.6 Å². The van der Waals surface area contributed by atoms with Gasteiger partial charge in [0, 0.05) is 0 Å². The van der Waals surface area contributed by atoms with E-state index in [1.807, 2.05) is 18.2 Å². The summed E-state index contributed by atoms with van der Waals surface area (Å²) in [6.45, 7) is 0.831. The molecule has 100 valence electrons. The maximum Gasteiger partial charge on any atom is 0.323 e. The minimum atomic E-state index is -0.692. The number of nitrogens with one attached hydrogen (secondary N) is 1. The molecule has 1 unspecified atom stereocenters. The highest BCUT2D eigenvalue weighted by Gasteiger charge is 2.40. The van der Waals surface area contributed by atoms with E-state index in [0.717, 1.165) is 38.6 Å². The highest BCUT2D eigenvalue weighted by molar-refractivity contribution is 5.85. The molecule has 1 aliphatic rings. The molecule has 1 aromatic carbocycles. The number of carboxylic acids is 1. The highest BCUT2D eigenvalue weighted by Crippen LogP contribution is 2.25. The molecular weight excluding hydrogens is 250 g/mol. The van der Waals surface area contributed by atoms with Crippen LogP contribution in [0.3, 0.4) is 0 Å². The first-order valence-corrected chi connectivity index (χ1v) is 6.25. The minimum Gasteiger partial charge on any atom is -0.480 e. The Labute approximate surface area is 114 Å². The number of hydrogen-bond donors (Lipinski definition) is 2. The molecule has 0 aliphatic carbocycles. The summed E-state index contributed by atoms with van der Waals surface area (Å²) in [5.41, 5.74) is 0.625. The second-order valence-corrected chi connectivity index (χ2v) is 4.76. The van der Waals surface area contributed by atoms with Crippen LogP contribution in [0.25, 0.3) is 0 Å². The van der Waals surface area contributed by atoms with Gasteiger partial charge >= 0.3 is 5.97 Å². The van der Waals surface area contributed by atoms with E-state index in [4.69, 9.17) is 0 Å². The molecule has 0 saturated carbocycles. The molecule has 0 spiro atoms. The molecule has 2 N–H and O–H groups in total. The average Bonchev–Trinajstić information content (AvgIpc) is 2.80. The van der Waals surface area contributed by atoms with Crippen LogP contribution in [0, 0.1) is 0 Å². The fraction of sp³-hybridized carbons (Fsp3) is 0.500. The van der Waals surface area contributed by atoms with Crippen molar-refractivity contribution in [2.24, 2.45) is 0 Å². The summed E-state index contributed by atoms with van der Waals surface area (Å²) in [5.74, 6) is -0.692. The lowest BCUT2D eigenvalue weighted by molar-refractivity contribution is -0.144. The molecule has 18 heavy (non-hydrogen) atoms. The molecule has 1 saturated heterocycles. The summed E-state index contributed by atoms with van der Waals surface area (Å²) < 4.78 is 0. The van der Waals surface area contributed by atoms with Gasteiger partial charge in [-0.2, -0.15) is 0 Å². The maximum atomic E-state index is 11.3. The molecule has 2 rings (SSSR count). The quantitative estimate of drug-likeness (QED) is 0.864. The SMILES string of the molecule is Cl.O=C(O)C1(CCCc2ccccc2)CCCN1. The number of aliphatic carboxylic acids is 1. The smallest absolute Gasteiger partial charge is 0.323 e. The molecule has 1 aliphatic heterocycles. The zero-order chi connectivity index (χ0) is 12.1. The van der Waals surface area contributed by atoms with Crippen molar-refractivity contribution in [3.05, 3.63) is 35.9 Å². The Balaban J connectivity index is 0.00000162. The number of rotatable bonds is 5. The Morgan fingerprint density at radius 3 is 2.61 bits per heavy atom. The standard InChI is InChI=1S/C14H19NO2.ClH/c16-13(17)14(10-5-11-15-14)9-4-8-12-6-2-1-3-7-12;/h1-3,6-7,15H,4-5,8-11H2,(H,16,17);1H. The zero-order valence-electron chi connectivity index (χ0n) is 10.4. The van der Waals surface area contributed by atoms with Crippen molar-refractivity contribution in [1.29, 1.82) is 0 Å². The predicted molar refractivity (Wildman–Crippen MR) is 74.2 cm³/mol. The fourth-order valence-electron chi connectivity index (χ4n) is 2.55. The van der Waals surface area contributed by atoms with Gasteiger partial charge < -0.3 is 10.4 Å². The van der Waals surface area contributed by atoms with E-state index in [-0.39, 0.29) is 12.4 Å². The molecule has 0 radical (unpaired) electrons. The van der Waals surface area contributed by atoms with Gasteiger partial charge in [-0.25, -0.2) is 0 Å². The van der Waals surface area contributed by atoms with E-state index in [9.17, 15) is 9.90 Å². The Bertz CT molecular complexity index is 375. The maximum absolute atomic E-state index is 11.3. The first-order chi connectivity index (χ1) is 8.23. The number of benzene rings is 1. The Morgan fingerprint density at radius 2 is 2.06 bits per heavy atom. The van der Waals surface area contributed by atoms with E-state index < -0.39 is 11.5 Å². The van der Waals surface area contributed by atoms with Gasteiger partial charge in [-0.05, 0) is 44.2 Å². The van der Waals surface area contributed by atoms with Crippen LogP contribution in [-0.4, -0.2) is 23.2 Å². The van der Waals surface area contributed by atoms with E-state index in [2.05, 4.69) is 17.4 Å². The van der Waals surface area contributed by atoms with Crippen LogP contribution in [-0.2, 0) is 11.2 Å². The first-order valence-electron chi connectivity index (χ1n) is 6.25. The summed E-state index contributed by atoms with van der Waals surface area (Å²) in [7, 11) is 0. The van der Waals surface area contributed by atoms with E-state index >= 15 is 0 Å². The molecule has 0 bridgehead atoms. The fourth-order valence-corrected chi connectivity index (χ4v) is 2.55. The van der Waals surface area contributed by atoms with E-state index in [0.29, 0.717) is 0 Å². The topological polar surface area (TPSA) is 49.3 Å². The molecule has 4 heteroatoms. The van der Waals surface area contributed by atoms with Crippen molar-refractivity contribution >= 4 is 18.4 Å². The van der Waals surface area contributed by atoms with Crippen molar-refractivity contribution in [3.8, 4) is 0 Å². The van der Waals surface area contributed by atoms with Gasteiger partial charge in [0.15, 0.2) is 0 Å². The number of carboxylic acid groups (broad SMARTS) is 1. The highest BCUT2D eigenvalue weighted by atomic mass is 35.5. The molecule has 1 heterocycles. The zero-order valence-corrected chi connectivity index (χ0v) is 11.2. The van der Waals surface area contributed by atoms with Gasteiger partial charge in [-0.15, -0.1) is 12.4 Å². The third kappa shape index (κ3) is 3.47.